The van der Waals surface area contributed by atoms with Gasteiger partial charge in [0.05, 0.1) is 17.1 Å². The Kier molecular flexibility index (Phi) is 5.38. The molecule has 9 heteroatoms. The Labute approximate surface area is 196 Å². The maximum Gasteiger partial charge on any atom is 0.268 e. The highest BCUT2D eigenvalue weighted by molar-refractivity contribution is 6.33. The molecule has 168 valence electrons. The van der Waals surface area contributed by atoms with Crippen LogP contribution in [0.4, 0.5) is 5.69 Å². The third-order valence-electron chi connectivity index (χ3n) is 5.87. The summed E-state index contributed by atoms with van der Waals surface area (Å²) in [6.45, 7) is 1.04. The summed E-state index contributed by atoms with van der Waals surface area (Å²) in [5.74, 6) is 0.631. The number of aryl methyl sites for hydroxylation is 1. The first-order chi connectivity index (χ1) is 15.9. The average molecular weight is 463 g/mol. The Bertz CT molecular complexity index is 1340. The molecule has 0 bridgehead atoms. The summed E-state index contributed by atoms with van der Waals surface area (Å²) in [6.07, 6.45) is 0.698. The number of rotatable bonds is 4. The molecule has 1 aliphatic rings. The first-order valence-electron chi connectivity index (χ1n) is 10.6. The number of benzene rings is 2. The highest BCUT2D eigenvalue weighted by Crippen LogP contribution is 2.33. The van der Waals surface area contributed by atoms with Gasteiger partial charge in [0.15, 0.2) is 5.69 Å². The van der Waals surface area contributed by atoms with Crippen molar-refractivity contribution in [3.63, 3.8) is 0 Å². The summed E-state index contributed by atoms with van der Waals surface area (Å²) in [4.78, 5) is 17.1. The lowest BCUT2D eigenvalue weighted by atomic mass is 10.0. The van der Waals surface area contributed by atoms with Crippen molar-refractivity contribution in [2.24, 2.45) is 7.05 Å². The number of anilines is 1. The molecular weight excluding hydrogens is 440 g/mol. The van der Waals surface area contributed by atoms with Crippen molar-refractivity contribution < 1.29 is 9.21 Å². The second-order valence-corrected chi connectivity index (χ2v) is 8.62. The van der Waals surface area contributed by atoms with Crippen LogP contribution >= 0.6 is 11.6 Å². The monoisotopic (exact) mass is 462 g/mol. The highest BCUT2D eigenvalue weighted by atomic mass is 35.5. The number of hydrogen-bond acceptors (Lipinski definition) is 6. The van der Waals surface area contributed by atoms with Gasteiger partial charge in [-0.2, -0.15) is 5.10 Å². The lowest BCUT2D eigenvalue weighted by Crippen LogP contribution is -2.36. The third-order valence-corrected chi connectivity index (χ3v) is 6.20. The van der Waals surface area contributed by atoms with Crippen molar-refractivity contribution in [1.29, 1.82) is 0 Å². The maximum absolute atomic E-state index is 13.3. The lowest BCUT2D eigenvalue weighted by Gasteiger charge is -2.28. The van der Waals surface area contributed by atoms with Crippen LogP contribution in [0.3, 0.4) is 0 Å². The normalized spacial score (nSPS) is 13.2. The van der Waals surface area contributed by atoms with E-state index in [1.54, 1.807) is 6.07 Å². The van der Waals surface area contributed by atoms with Crippen LogP contribution in [0.2, 0.25) is 5.02 Å². The van der Waals surface area contributed by atoms with Crippen LogP contribution in [-0.2, 0) is 20.0 Å². The van der Waals surface area contributed by atoms with Crippen LogP contribution in [0.5, 0.6) is 0 Å². The van der Waals surface area contributed by atoms with Crippen molar-refractivity contribution >= 4 is 23.2 Å². The molecule has 0 N–H and O–H groups in total. The van der Waals surface area contributed by atoms with Gasteiger partial charge in [0.1, 0.15) is 0 Å². The summed E-state index contributed by atoms with van der Waals surface area (Å²) in [5.41, 5.74) is 4.90. The zero-order valence-corrected chi connectivity index (χ0v) is 19.4. The van der Waals surface area contributed by atoms with Crippen LogP contribution in [-0.4, -0.2) is 51.4 Å². The summed E-state index contributed by atoms with van der Waals surface area (Å²) >= 11 is 6.28. The first-order valence-corrected chi connectivity index (χ1v) is 11.0. The molecule has 0 atom stereocenters. The Balaban J connectivity index is 1.46. The van der Waals surface area contributed by atoms with E-state index in [-0.39, 0.29) is 5.91 Å². The molecule has 2 aromatic heterocycles. The van der Waals surface area contributed by atoms with E-state index >= 15 is 0 Å². The fourth-order valence-electron chi connectivity index (χ4n) is 4.10. The minimum Gasteiger partial charge on any atom is -0.414 e. The van der Waals surface area contributed by atoms with Gasteiger partial charge in [-0.05, 0) is 30.3 Å². The molecule has 0 saturated heterocycles. The van der Waals surface area contributed by atoms with Gasteiger partial charge in [-0.25, -0.2) is 0 Å². The van der Waals surface area contributed by atoms with E-state index in [0.717, 1.165) is 16.9 Å². The molecule has 0 spiro atoms. The second-order valence-electron chi connectivity index (χ2n) is 8.21. The van der Waals surface area contributed by atoms with Crippen LogP contribution in [0, 0.1) is 0 Å². The van der Waals surface area contributed by atoms with E-state index in [9.17, 15) is 4.79 Å². The SMILES string of the molecule is CN(C)c1cccc(C(=O)N2CCc3c(c(-c4nnc(-c5ccccc5Cl)o4)nn3C)C2)c1. The molecule has 0 radical (unpaired) electrons. The van der Waals surface area contributed by atoms with Gasteiger partial charge < -0.3 is 14.2 Å². The number of hydrogen-bond donors (Lipinski definition) is 0. The fraction of sp³-hybridized carbons (Fsp3) is 0.250. The van der Waals surface area contributed by atoms with Crippen LogP contribution in [0.25, 0.3) is 23.0 Å². The Morgan fingerprint density at radius 1 is 1.09 bits per heavy atom. The van der Waals surface area contributed by atoms with Crippen molar-refractivity contribution in [2.45, 2.75) is 13.0 Å². The topological polar surface area (TPSA) is 80.3 Å². The quantitative estimate of drug-likeness (QED) is 0.455. The van der Waals surface area contributed by atoms with Crippen LogP contribution < -0.4 is 4.90 Å². The molecule has 3 heterocycles. The van der Waals surface area contributed by atoms with Gasteiger partial charge in [-0.3, -0.25) is 9.48 Å². The van der Waals surface area contributed by atoms with Gasteiger partial charge in [0.25, 0.3) is 11.8 Å². The molecule has 0 unspecified atom stereocenters. The Morgan fingerprint density at radius 3 is 2.67 bits per heavy atom. The molecule has 33 heavy (non-hydrogen) atoms. The largest absolute Gasteiger partial charge is 0.414 e. The first kappa shape index (κ1) is 21.2. The number of amides is 1. The summed E-state index contributed by atoms with van der Waals surface area (Å²) in [7, 11) is 5.81. The smallest absolute Gasteiger partial charge is 0.268 e. The number of aromatic nitrogens is 4. The van der Waals surface area contributed by atoms with Crippen molar-refractivity contribution in [3.05, 3.63) is 70.4 Å². The summed E-state index contributed by atoms with van der Waals surface area (Å²) in [5, 5.41) is 13.6. The number of carbonyl (C=O) groups is 1. The van der Waals surface area contributed by atoms with E-state index in [1.807, 2.05) is 78.1 Å². The van der Waals surface area contributed by atoms with Crippen molar-refractivity contribution in [3.8, 4) is 23.0 Å². The van der Waals surface area contributed by atoms with Crippen LogP contribution in [0.15, 0.2) is 52.9 Å². The van der Waals surface area contributed by atoms with E-state index in [4.69, 9.17) is 16.0 Å². The zero-order chi connectivity index (χ0) is 23.1. The average Bonchev–Trinajstić information content (AvgIpc) is 3.43. The fourth-order valence-corrected chi connectivity index (χ4v) is 4.32. The molecule has 2 aromatic carbocycles. The molecule has 8 nitrogen and oxygen atoms in total. The van der Waals surface area contributed by atoms with Gasteiger partial charge in [0, 0.05) is 56.6 Å². The summed E-state index contributed by atoms with van der Waals surface area (Å²) < 4.78 is 7.78. The molecule has 0 saturated carbocycles. The molecule has 0 fully saturated rings. The standard InChI is InChI=1S/C24H23ClN6O2/c1-29(2)16-8-6-7-15(13-16)24(32)31-12-11-20-18(14-31)21(28-30(20)3)23-27-26-22(33-23)17-9-4-5-10-19(17)25/h4-10,13H,11-12,14H2,1-3H3. The minimum absolute atomic E-state index is 0.0126. The number of nitrogens with zero attached hydrogens (tertiary/aromatic N) is 6. The van der Waals surface area contributed by atoms with Gasteiger partial charge in [0.2, 0.25) is 5.89 Å². The molecule has 1 aliphatic heterocycles. The molecule has 1 amide bonds. The van der Waals surface area contributed by atoms with Crippen molar-refractivity contribution in [1.82, 2.24) is 24.9 Å². The summed E-state index contributed by atoms with van der Waals surface area (Å²) in [6, 6.07) is 15.0. The predicted octanol–water partition coefficient (Wildman–Crippen LogP) is 4.06. The molecule has 0 aliphatic carbocycles. The predicted molar refractivity (Wildman–Crippen MR) is 126 cm³/mol. The van der Waals surface area contributed by atoms with E-state index in [0.29, 0.717) is 53.1 Å². The Hall–Kier alpha value is -3.65. The van der Waals surface area contributed by atoms with E-state index in [1.165, 1.54) is 0 Å². The Morgan fingerprint density at radius 2 is 1.88 bits per heavy atom. The highest BCUT2D eigenvalue weighted by Gasteiger charge is 2.30. The zero-order valence-electron chi connectivity index (χ0n) is 18.6. The number of halogens is 1. The molecule has 4 aromatic rings. The van der Waals surface area contributed by atoms with Crippen LogP contribution in [0.1, 0.15) is 21.6 Å². The van der Waals surface area contributed by atoms with Gasteiger partial charge >= 0.3 is 0 Å². The maximum atomic E-state index is 13.3. The minimum atomic E-state index is -0.0126. The van der Waals surface area contributed by atoms with Crippen molar-refractivity contribution in [2.75, 3.05) is 25.5 Å². The number of carbonyl (C=O) groups excluding carboxylic acids is 1. The second kappa shape index (κ2) is 8.37. The number of fused-ring (bicyclic) bond motifs is 1. The third kappa shape index (κ3) is 3.87. The molecule has 5 rings (SSSR count). The van der Waals surface area contributed by atoms with E-state index in [2.05, 4.69) is 15.3 Å². The molecular formula is C24H23ClN6O2. The van der Waals surface area contributed by atoms with Gasteiger partial charge in [-0.15, -0.1) is 10.2 Å². The lowest BCUT2D eigenvalue weighted by molar-refractivity contribution is 0.0733. The van der Waals surface area contributed by atoms with E-state index < -0.39 is 0 Å². The van der Waals surface area contributed by atoms with Gasteiger partial charge in [-0.1, -0.05) is 29.8 Å².